The van der Waals surface area contributed by atoms with Gasteiger partial charge in [-0.05, 0) is 76.3 Å². The Morgan fingerprint density at radius 1 is 1.26 bits per heavy atom. The van der Waals surface area contributed by atoms with Crippen LogP contribution in [0.1, 0.15) is 70.4 Å². The number of pyridine rings is 1. The van der Waals surface area contributed by atoms with E-state index < -0.39 is 0 Å². The van der Waals surface area contributed by atoms with Crippen LogP contribution in [0.3, 0.4) is 0 Å². The fourth-order valence-electron chi connectivity index (χ4n) is 4.68. The van der Waals surface area contributed by atoms with Gasteiger partial charge in [-0.25, -0.2) is 0 Å². The number of aromatic nitrogens is 1. The summed E-state index contributed by atoms with van der Waals surface area (Å²) in [6.45, 7) is 8.13. The van der Waals surface area contributed by atoms with Gasteiger partial charge in [0.25, 0.3) is 11.5 Å². The first-order chi connectivity index (χ1) is 12.8. The molecule has 2 heterocycles. The second-order valence-electron chi connectivity index (χ2n) is 8.20. The van der Waals surface area contributed by atoms with E-state index in [0.717, 1.165) is 47.4 Å². The van der Waals surface area contributed by atoms with Crippen molar-refractivity contribution in [3.63, 3.8) is 0 Å². The molecule has 1 aromatic heterocycles. The van der Waals surface area contributed by atoms with Crippen molar-refractivity contribution in [2.45, 2.75) is 65.0 Å². The molecule has 2 aromatic rings. The molecule has 0 bridgehead atoms. The zero-order chi connectivity index (χ0) is 19.3. The van der Waals surface area contributed by atoms with E-state index in [0.29, 0.717) is 17.0 Å². The third-order valence-electron chi connectivity index (χ3n) is 6.10. The summed E-state index contributed by atoms with van der Waals surface area (Å²) < 4.78 is 6.28. The maximum atomic E-state index is 12.8. The van der Waals surface area contributed by atoms with Crippen molar-refractivity contribution < 1.29 is 9.53 Å². The summed E-state index contributed by atoms with van der Waals surface area (Å²) in [5.41, 5.74) is 4.81. The highest BCUT2D eigenvalue weighted by Gasteiger charge is 2.48. The largest absolute Gasteiger partial charge is 0.486 e. The molecule has 0 radical (unpaired) electrons. The Bertz CT molecular complexity index is 992. The van der Waals surface area contributed by atoms with Crippen molar-refractivity contribution >= 4 is 5.91 Å². The number of nitrogens with one attached hydrogen (secondary N) is 2. The number of aryl methyl sites for hydroxylation is 3. The maximum Gasteiger partial charge on any atom is 0.253 e. The summed E-state index contributed by atoms with van der Waals surface area (Å²) in [5.74, 6) is 1.15. The molecule has 1 saturated carbocycles. The quantitative estimate of drug-likeness (QED) is 0.871. The van der Waals surface area contributed by atoms with E-state index in [1.54, 1.807) is 0 Å². The molecule has 1 amide bonds. The number of benzene rings is 1. The highest BCUT2D eigenvalue weighted by Crippen LogP contribution is 2.54. The molecule has 2 unspecified atom stereocenters. The first kappa shape index (κ1) is 17.8. The number of fused-ring (bicyclic) bond motifs is 3. The van der Waals surface area contributed by atoms with Crippen molar-refractivity contribution in [1.82, 2.24) is 10.3 Å². The van der Waals surface area contributed by atoms with Crippen LogP contribution < -0.4 is 15.6 Å². The average Bonchev–Trinajstić information content (AvgIpc) is 3.08. The van der Waals surface area contributed by atoms with Crippen molar-refractivity contribution in [3.05, 3.63) is 62.1 Å². The molecule has 142 valence electrons. The molecule has 0 saturated heterocycles. The summed E-state index contributed by atoms with van der Waals surface area (Å²) in [4.78, 5) is 27.7. The van der Waals surface area contributed by atoms with Crippen LogP contribution in [0.4, 0.5) is 0 Å². The van der Waals surface area contributed by atoms with Crippen LogP contribution in [0.25, 0.3) is 0 Å². The van der Waals surface area contributed by atoms with Gasteiger partial charge < -0.3 is 15.0 Å². The fourth-order valence-corrected chi connectivity index (χ4v) is 4.68. The number of hydrogen-bond donors (Lipinski definition) is 2. The topological polar surface area (TPSA) is 71.2 Å². The molecular formula is C22H26N2O3. The summed E-state index contributed by atoms with van der Waals surface area (Å²) in [5, 5.41) is 2.90. The van der Waals surface area contributed by atoms with Crippen molar-refractivity contribution in [1.29, 1.82) is 0 Å². The van der Waals surface area contributed by atoms with Gasteiger partial charge in [-0.1, -0.05) is 0 Å². The molecule has 2 aliphatic rings. The first-order valence-electron chi connectivity index (χ1n) is 9.59. The van der Waals surface area contributed by atoms with E-state index in [9.17, 15) is 9.59 Å². The van der Waals surface area contributed by atoms with Crippen LogP contribution in [0.2, 0.25) is 0 Å². The molecule has 1 fully saturated rings. The number of rotatable bonds is 3. The highest BCUT2D eigenvalue weighted by molar-refractivity contribution is 5.95. The molecule has 5 heteroatoms. The average molecular weight is 366 g/mol. The van der Waals surface area contributed by atoms with Crippen molar-refractivity contribution in [2.24, 2.45) is 0 Å². The van der Waals surface area contributed by atoms with Crippen LogP contribution in [0, 0.1) is 20.8 Å². The minimum atomic E-state index is -0.160. The van der Waals surface area contributed by atoms with E-state index in [-0.39, 0.29) is 23.6 Å². The van der Waals surface area contributed by atoms with Gasteiger partial charge in [0.05, 0.1) is 0 Å². The third-order valence-corrected chi connectivity index (χ3v) is 6.10. The van der Waals surface area contributed by atoms with E-state index in [1.165, 1.54) is 0 Å². The Labute approximate surface area is 159 Å². The van der Waals surface area contributed by atoms with E-state index >= 15 is 0 Å². The van der Waals surface area contributed by atoms with Gasteiger partial charge in [-0.2, -0.15) is 0 Å². The van der Waals surface area contributed by atoms with E-state index in [1.807, 2.05) is 39.0 Å². The third kappa shape index (κ3) is 2.95. The second-order valence-corrected chi connectivity index (χ2v) is 8.20. The summed E-state index contributed by atoms with van der Waals surface area (Å²) in [6, 6.07) is 5.77. The normalized spacial score (nSPS) is 22.9. The predicted octanol–water partition coefficient (Wildman–Crippen LogP) is 3.65. The van der Waals surface area contributed by atoms with Crippen LogP contribution >= 0.6 is 0 Å². The van der Waals surface area contributed by atoms with Crippen molar-refractivity contribution in [2.75, 3.05) is 0 Å². The van der Waals surface area contributed by atoms with Crippen LogP contribution in [0.5, 0.6) is 5.75 Å². The van der Waals surface area contributed by atoms with Gasteiger partial charge >= 0.3 is 0 Å². The number of H-pyrrole nitrogens is 1. The molecule has 1 aliphatic carbocycles. The zero-order valence-corrected chi connectivity index (χ0v) is 16.4. The lowest BCUT2D eigenvalue weighted by atomic mass is 9.87. The standard InChI is InChI=1S/C22H26N2O3/c1-12-8-14(3)24-21(26)17(12)11-23-20(25)15-9-13(2)19-16(10-15)18-6-5-7-22(18,4)27-19/h8-10,18H,5-7,11H2,1-4H3,(H,23,25)(H,24,26). The number of hydrogen-bond acceptors (Lipinski definition) is 3. The lowest BCUT2D eigenvalue weighted by Gasteiger charge is -2.23. The van der Waals surface area contributed by atoms with Crippen LogP contribution in [0.15, 0.2) is 23.0 Å². The highest BCUT2D eigenvalue weighted by atomic mass is 16.5. The second kappa shape index (κ2) is 6.25. The Hall–Kier alpha value is -2.56. The zero-order valence-electron chi connectivity index (χ0n) is 16.4. The number of carbonyl (C=O) groups excluding carboxylic acids is 1. The predicted molar refractivity (Wildman–Crippen MR) is 105 cm³/mol. The number of amides is 1. The van der Waals surface area contributed by atoms with E-state index in [4.69, 9.17) is 4.74 Å². The lowest BCUT2D eigenvalue weighted by Crippen LogP contribution is -2.29. The molecular weight excluding hydrogens is 340 g/mol. The van der Waals surface area contributed by atoms with Gasteiger partial charge in [-0.15, -0.1) is 0 Å². The van der Waals surface area contributed by atoms with Crippen molar-refractivity contribution in [3.8, 4) is 5.75 Å². The minimum Gasteiger partial charge on any atom is -0.486 e. The molecule has 1 aromatic carbocycles. The molecule has 0 spiro atoms. The fraction of sp³-hybridized carbons (Fsp3) is 0.455. The van der Waals surface area contributed by atoms with Gasteiger partial charge in [0.15, 0.2) is 0 Å². The van der Waals surface area contributed by atoms with Gasteiger partial charge in [-0.3, -0.25) is 9.59 Å². The van der Waals surface area contributed by atoms with Gasteiger partial charge in [0.2, 0.25) is 0 Å². The SMILES string of the molecule is Cc1cc(C)c(CNC(=O)c2cc(C)c3c(c2)C2CCCC2(C)O3)c(=O)[nH]1. The summed E-state index contributed by atoms with van der Waals surface area (Å²) >= 11 is 0. The van der Waals surface area contributed by atoms with Gasteiger partial charge in [0, 0.05) is 34.8 Å². The molecule has 4 rings (SSSR count). The molecule has 27 heavy (non-hydrogen) atoms. The van der Waals surface area contributed by atoms with Crippen LogP contribution in [-0.2, 0) is 6.54 Å². The maximum absolute atomic E-state index is 12.8. The van der Waals surface area contributed by atoms with Crippen LogP contribution in [-0.4, -0.2) is 16.5 Å². The molecule has 2 atom stereocenters. The minimum absolute atomic E-state index is 0.130. The Morgan fingerprint density at radius 3 is 2.78 bits per heavy atom. The number of aromatic amines is 1. The smallest absolute Gasteiger partial charge is 0.253 e. The molecule has 1 aliphatic heterocycles. The monoisotopic (exact) mass is 366 g/mol. The summed E-state index contributed by atoms with van der Waals surface area (Å²) in [6.07, 6.45) is 3.32. The number of ether oxygens (including phenoxy) is 1. The molecule has 2 N–H and O–H groups in total. The first-order valence-corrected chi connectivity index (χ1v) is 9.59. The Kier molecular flexibility index (Phi) is 4.13. The number of carbonyl (C=O) groups is 1. The Balaban J connectivity index is 1.58. The Morgan fingerprint density at radius 2 is 2.04 bits per heavy atom. The molecule has 5 nitrogen and oxygen atoms in total. The van der Waals surface area contributed by atoms with Gasteiger partial charge in [0.1, 0.15) is 11.4 Å². The lowest BCUT2D eigenvalue weighted by molar-refractivity contribution is 0.0950. The summed E-state index contributed by atoms with van der Waals surface area (Å²) in [7, 11) is 0. The van der Waals surface area contributed by atoms with E-state index in [2.05, 4.69) is 17.2 Å².